The van der Waals surface area contributed by atoms with E-state index in [0.29, 0.717) is 29.4 Å². The average molecular weight is 385 g/mol. The van der Waals surface area contributed by atoms with E-state index in [1.54, 1.807) is 36.4 Å². The van der Waals surface area contributed by atoms with Gasteiger partial charge in [-0.25, -0.2) is 4.79 Å². The van der Waals surface area contributed by atoms with E-state index in [1.807, 2.05) is 13.0 Å². The van der Waals surface area contributed by atoms with E-state index < -0.39 is 11.9 Å². The molecule has 2 rings (SSSR count). The van der Waals surface area contributed by atoms with Gasteiger partial charge in [0, 0.05) is 0 Å². The molecular formula is C22H27NO5. The maximum atomic E-state index is 12.1. The van der Waals surface area contributed by atoms with Crippen LogP contribution in [0.5, 0.6) is 11.5 Å². The predicted molar refractivity (Wildman–Crippen MR) is 108 cm³/mol. The van der Waals surface area contributed by atoms with Gasteiger partial charge in [0.2, 0.25) is 0 Å². The van der Waals surface area contributed by atoms with Crippen molar-refractivity contribution in [2.24, 2.45) is 0 Å². The number of unbranched alkanes of at least 4 members (excludes halogenated alkanes) is 2. The quantitative estimate of drug-likeness (QED) is 0.486. The van der Waals surface area contributed by atoms with Crippen LogP contribution in [0, 0.1) is 6.92 Å². The Morgan fingerprint density at radius 2 is 1.79 bits per heavy atom. The molecule has 2 aromatic rings. The second-order valence-electron chi connectivity index (χ2n) is 6.41. The second-order valence-corrected chi connectivity index (χ2v) is 6.41. The molecule has 6 nitrogen and oxygen atoms in total. The highest BCUT2D eigenvalue weighted by molar-refractivity contribution is 5.96. The predicted octanol–water partition coefficient (Wildman–Crippen LogP) is 4.37. The van der Waals surface area contributed by atoms with E-state index in [4.69, 9.17) is 14.2 Å². The fourth-order valence-corrected chi connectivity index (χ4v) is 2.55. The standard InChI is InChI=1S/C22H27NO5/c1-4-5-6-13-27-18-10-8-17(9-11-18)22(25)28-15-21(24)23-19-14-16(2)7-12-20(19)26-3/h7-12,14H,4-6,13,15H2,1-3H3,(H,23,24). The summed E-state index contributed by atoms with van der Waals surface area (Å²) in [5.74, 6) is 0.244. The molecule has 0 radical (unpaired) electrons. The molecule has 1 N–H and O–H groups in total. The van der Waals surface area contributed by atoms with Gasteiger partial charge in [0.25, 0.3) is 5.91 Å². The van der Waals surface area contributed by atoms with Crippen molar-refractivity contribution in [3.8, 4) is 11.5 Å². The number of esters is 1. The number of anilines is 1. The number of rotatable bonds is 10. The fraction of sp³-hybridized carbons (Fsp3) is 0.364. The summed E-state index contributed by atoms with van der Waals surface area (Å²) in [6.45, 7) is 4.32. The maximum absolute atomic E-state index is 12.1. The number of aryl methyl sites for hydroxylation is 1. The van der Waals surface area contributed by atoms with Crippen molar-refractivity contribution in [3.05, 3.63) is 53.6 Å². The monoisotopic (exact) mass is 385 g/mol. The summed E-state index contributed by atoms with van der Waals surface area (Å²) in [5, 5.41) is 2.69. The molecule has 0 atom stereocenters. The van der Waals surface area contributed by atoms with Crippen molar-refractivity contribution in [1.29, 1.82) is 0 Å². The van der Waals surface area contributed by atoms with Crippen LogP contribution in [-0.4, -0.2) is 32.2 Å². The Morgan fingerprint density at radius 3 is 2.46 bits per heavy atom. The Bertz CT molecular complexity index is 786. The number of carbonyl (C=O) groups is 2. The van der Waals surface area contributed by atoms with Gasteiger partial charge in [-0.3, -0.25) is 4.79 Å². The van der Waals surface area contributed by atoms with Crippen LogP contribution in [-0.2, 0) is 9.53 Å². The topological polar surface area (TPSA) is 73.9 Å². The molecule has 0 saturated heterocycles. The second kappa shape index (κ2) is 11.0. The zero-order chi connectivity index (χ0) is 20.4. The van der Waals surface area contributed by atoms with Gasteiger partial charge < -0.3 is 19.5 Å². The summed E-state index contributed by atoms with van der Waals surface area (Å²) in [4.78, 5) is 24.2. The van der Waals surface area contributed by atoms with Crippen molar-refractivity contribution in [2.75, 3.05) is 25.6 Å². The number of hydrogen-bond donors (Lipinski definition) is 1. The van der Waals surface area contributed by atoms with E-state index in [9.17, 15) is 9.59 Å². The molecule has 0 aliphatic carbocycles. The van der Waals surface area contributed by atoms with E-state index >= 15 is 0 Å². The van der Waals surface area contributed by atoms with Crippen LogP contribution in [0.3, 0.4) is 0 Å². The van der Waals surface area contributed by atoms with Crippen LogP contribution in [0.25, 0.3) is 0 Å². The van der Waals surface area contributed by atoms with Crippen LogP contribution < -0.4 is 14.8 Å². The molecule has 28 heavy (non-hydrogen) atoms. The zero-order valence-electron chi connectivity index (χ0n) is 16.6. The smallest absolute Gasteiger partial charge is 0.338 e. The summed E-state index contributed by atoms with van der Waals surface area (Å²) in [5.41, 5.74) is 1.88. The summed E-state index contributed by atoms with van der Waals surface area (Å²) < 4.78 is 15.9. The van der Waals surface area contributed by atoms with Crippen LogP contribution in [0.4, 0.5) is 5.69 Å². The lowest BCUT2D eigenvalue weighted by Gasteiger charge is -2.11. The number of hydrogen-bond acceptors (Lipinski definition) is 5. The molecule has 0 aliphatic heterocycles. The van der Waals surface area contributed by atoms with Gasteiger partial charge in [0.05, 0.1) is 25.0 Å². The summed E-state index contributed by atoms with van der Waals surface area (Å²) in [6.07, 6.45) is 3.26. The van der Waals surface area contributed by atoms with Crippen molar-refractivity contribution in [3.63, 3.8) is 0 Å². The first kappa shape index (κ1) is 21.3. The van der Waals surface area contributed by atoms with Gasteiger partial charge in [-0.05, 0) is 55.3 Å². The van der Waals surface area contributed by atoms with Gasteiger partial charge in [0.15, 0.2) is 6.61 Å². The Kier molecular flexibility index (Phi) is 8.34. The van der Waals surface area contributed by atoms with Crippen molar-refractivity contribution in [1.82, 2.24) is 0 Å². The van der Waals surface area contributed by atoms with Gasteiger partial charge in [-0.1, -0.05) is 25.8 Å². The summed E-state index contributed by atoms with van der Waals surface area (Å²) >= 11 is 0. The third kappa shape index (κ3) is 6.61. The minimum absolute atomic E-state index is 0.363. The van der Waals surface area contributed by atoms with Crippen LogP contribution in [0.1, 0.15) is 42.1 Å². The molecular weight excluding hydrogens is 358 g/mol. The molecule has 0 spiro atoms. The molecule has 0 bridgehead atoms. The molecule has 150 valence electrons. The van der Waals surface area contributed by atoms with Crippen molar-refractivity contribution < 1.29 is 23.8 Å². The number of methoxy groups -OCH3 is 1. The molecule has 0 aromatic heterocycles. The van der Waals surface area contributed by atoms with Crippen molar-refractivity contribution in [2.45, 2.75) is 33.1 Å². The lowest BCUT2D eigenvalue weighted by atomic mass is 10.2. The van der Waals surface area contributed by atoms with Gasteiger partial charge in [-0.2, -0.15) is 0 Å². The average Bonchev–Trinajstić information content (AvgIpc) is 2.70. The van der Waals surface area contributed by atoms with Gasteiger partial charge in [0.1, 0.15) is 11.5 Å². The maximum Gasteiger partial charge on any atom is 0.338 e. The first-order valence-electron chi connectivity index (χ1n) is 9.38. The van der Waals surface area contributed by atoms with Crippen molar-refractivity contribution >= 4 is 17.6 Å². The molecule has 6 heteroatoms. The molecule has 0 unspecified atom stereocenters. The minimum atomic E-state index is -0.566. The molecule has 0 aliphatic rings. The third-order valence-corrected chi connectivity index (χ3v) is 4.07. The molecule has 1 amide bonds. The van der Waals surface area contributed by atoms with Crippen LogP contribution in [0.2, 0.25) is 0 Å². The third-order valence-electron chi connectivity index (χ3n) is 4.07. The number of ether oxygens (including phenoxy) is 3. The van der Waals surface area contributed by atoms with Crippen LogP contribution >= 0.6 is 0 Å². The SMILES string of the molecule is CCCCCOc1ccc(C(=O)OCC(=O)Nc2cc(C)ccc2OC)cc1. The molecule has 2 aromatic carbocycles. The normalized spacial score (nSPS) is 10.2. The molecule has 0 fully saturated rings. The largest absolute Gasteiger partial charge is 0.495 e. The highest BCUT2D eigenvalue weighted by Gasteiger charge is 2.12. The van der Waals surface area contributed by atoms with E-state index in [-0.39, 0.29) is 6.61 Å². The summed E-state index contributed by atoms with van der Waals surface area (Å²) in [7, 11) is 1.53. The Labute approximate surface area is 165 Å². The number of nitrogens with one attached hydrogen (secondary N) is 1. The number of carbonyl (C=O) groups excluding carboxylic acids is 2. The first-order chi connectivity index (χ1) is 13.5. The Morgan fingerprint density at radius 1 is 1.04 bits per heavy atom. The fourth-order valence-electron chi connectivity index (χ4n) is 2.55. The lowest BCUT2D eigenvalue weighted by Crippen LogP contribution is -2.21. The van der Waals surface area contributed by atoms with Gasteiger partial charge in [-0.15, -0.1) is 0 Å². The Hall–Kier alpha value is -3.02. The zero-order valence-corrected chi connectivity index (χ0v) is 16.6. The van der Waals surface area contributed by atoms with E-state index in [2.05, 4.69) is 12.2 Å². The number of benzene rings is 2. The molecule has 0 saturated carbocycles. The highest BCUT2D eigenvalue weighted by Crippen LogP contribution is 2.25. The van der Waals surface area contributed by atoms with E-state index in [1.165, 1.54) is 7.11 Å². The van der Waals surface area contributed by atoms with Crippen LogP contribution in [0.15, 0.2) is 42.5 Å². The minimum Gasteiger partial charge on any atom is -0.495 e. The summed E-state index contributed by atoms with van der Waals surface area (Å²) in [6, 6.07) is 12.1. The molecule has 0 heterocycles. The Balaban J connectivity index is 1.83. The van der Waals surface area contributed by atoms with E-state index in [0.717, 1.165) is 24.8 Å². The van der Waals surface area contributed by atoms with Gasteiger partial charge >= 0.3 is 5.97 Å². The lowest BCUT2D eigenvalue weighted by molar-refractivity contribution is -0.119. The first-order valence-corrected chi connectivity index (χ1v) is 9.38. The number of amides is 1. The highest BCUT2D eigenvalue weighted by atomic mass is 16.5.